The summed E-state index contributed by atoms with van der Waals surface area (Å²) >= 11 is 0. The summed E-state index contributed by atoms with van der Waals surface area (Å²) in [4.78, 5) is 26.7. The van der Waals surface area contributed by atoms with Crippen LogP contribution in [0.1, 0.15) is 43.6 Å². The van der Waals surface area contributed by atoms with Crippen LogP contribution in [0.5, 0.6) is 17.2 Å². The number of para-hydroxylation sites is 1. The number of benzene rings is 3. The van der Waals surface area contributed by atoms with Gasteiger partial charge < -0.3 is 14.2 Å². The predicted octanol–water partition coefficient (Wildman–Crippen LogP) is 5.18. The van der Waals surface area contributed by atoms with Gasteiger partial charge in [-0.3, -0.25) is 14.7 Å². The van der Waals surface area contributed by atoms with Crippen LogP contribution in [0.25, 0.3) is 16.9 Å². The van der Waals surface area contributed by atoms with Gasteiger partial charge in [0.1, 0.15) is 0 Å². The lowest BCUT2D eigenvalue weighted by Crippen LogP contribution is -2.23. The first kappa shape index (κ1) is 27.3. The Hall–Kier alpha value is -4.79. The van der Waals surface area contributed by atoms with Crippen LogP contribution in [0.3, 0.4) is 0 Å². The monoisotopic (exact) mass is 528 g/mol. The largest absolute Gasteiger partial charge is 0.490 e. The van der Waals surface area contributed by atoms with Crippen LogP contribution in [-0.2, 0) is 0 Å². The molecule has 0 aliphatic heterocycles. The third kappa shape index (κ3) is 6.04. The molecule has 2 N–H and O–H groups in total. The van der Waals surface area contributed by atoms with Crippen LogP contribution in [0, 0.1) is 0 Å². The van der Waals surface area contributed by atoms with Crippen molar-refractivity contribution in [3.8, 4) is 34.2 Å². The summed E-state index contributed by atoms with van der Waals surface area (Å²) in [6.07, 6.45) is 0. The van der Waals surface area contributed by atoms with Gasteiger partial charge in [0, 0.05) is 11.1 Å². The van der Waals surface area contributed by atoms with Crippen molar-refractivity contribution in [3.63, 3.8) is 0 Å². The number of nitrogens with zero attached hydrogens (tertiary/aromatic N) is 2. The average Bonchev–Trinajstić information content (AvgIpc) is 3.31. The Balaban J connectivity index is 1.71. The van der Waals surface area contributed by atoms with E-state index in [-0.39, 0.29) is 11.1 Å². The average molecular weight is 529 g/mol. The maximum atomic E-state index is 13.5. The molecule has 4 rings (SSSR count). The Kier molecular flexibility index (Phi) is 8.83. The molecule has 4 aromatic rings. The highest BCUT2D eigenvalue weighted by Gasteiger charge is 2.21. The van der Waals surface area contributed by atoms with E-state index in [2.05, 4.69) is 15.6 Å². The zero-order valence-corrected chi connectivity index (χ0v) is 22.5. The van der Waals surface area contributed by atoms with E-state index >= 15 is 0 Å². The van der Waals surface area contributed by atoms with Crippen LogP contribution in [0.15, 0.2) is 82.7 Å². The highest BCUT2D eigenvalue weighted by molar-refractivity contribution is 6.04. The first-order valence-electron chi connectivity index (χ1n) is 12.9. The number of amides is 1. The number of aromatic amines is 1. The number of nitrogens with one attached hydrogen (secondary N) is 2. The summed E-state index contributed by atoms with van der Waals surface area (Å²) in [5.74, 6) is 0.760. The van der Waals surface area contributed by atoms with Gasteiger partial charge in [-0.2, -0.15) is 5.10 Å². The van der Waals surface area contributed by atoms with Crippen molar-refractivity contribution >= 4 is 11.6 Å². The summed E-state index contributed by atoms with van der Waals surface area (Å²) in [7, 11) is 0. The molecular weight excluding hydrogens is 496 g/mol. The van der Waals surface area contributed by atoms with Gasteiger partial charge in [-0.25, -0.2) is 10.1 Å². The lowest BCUT2D eigenvalue weighted by molar-refractivity contribution is 0.0953. The molecule has 9 heteroatoms. The minimum Gasteiger partial charge on any atom is -0.490 e. The number of hydrazone groups is 1. The summed E-state index contributed by atoms with van der Waals surface area (Å²) in [6.45, 7) is 8.42. The highest BCUT2D eigenvalue weighted by Crippen LogP contribution is 2.39. The molecule has 0 bridgehead atoms. The van der Waals surface area contributed by atoms with Crippen LogP contribution in [-0.4, -0.2) is 41.2 Å². The Labute approximate surface area is 227 Å². The number of carbonyl (C=O) groups is 1. The molecule has 0 radical (unpaired) electrons. The molecule has 0 saturated carbocycles. The van der Waals surface area contributed by atoms with Crippen molar-refractivity contribution < 1.29 is 19.0 Å². The van der Waals surface area contributed by atoms with E-state index < -0.39 is 5.91 Å². The van der Waals surface area contributed by atoms with Crippen molar-refractivity contribution in [2.24, 2.45) is 5.10 Å². The Morgan fingerprint density at radius 1 is 0.872 bits per heavy atom. The van der Waals surface area contributed by atoms with E-state index in [1.54, 1.807) is 19.1 Å². The minimum atomic E-state index is -0.487. The zero-order valence-electron chi connectivity index (χ0n) is 22.5. The molecule has 1 aromatic heterocycles. The Morgan fingerprint density at radius 2 is 1.44 bits per heavy atom. The molecule has 0 unspecified atom stereocenters. The van der Waals surface area contributed by atoms with E-state index in [1.807, 2.05) is 81.4 Å². The maximum Gasteiger partial charge on any atom is 0.281 e. The van der Waals surface area contributed by atoms with Crippen LogP contribution >= 0.6 is 0 Å². The summed E-state index contributed by atoms with van der Waals surface area (Å²) < 4.78 is 18.6. The molecule has 0 spiro atoms. The van der Waals surface area contributed by atoms with Gasteiger partial charge in [0.25, 0.3) is 11.5 Å². The second kappa shape index (κ2) is 12.6. The SMILES string of the molecule is CCOc1cc(C(=O)N/N=C(\C)c2c(-c3ccccc3)[nH]n(-c3ccccc3)c2=O)cc(OCC)c1OCC. The third-order valence-corrected chi connectivity index (χ3v) is 5.83. The molecule has 0 saturated heterocycles. The van der Waals surface area contributed by atoms with E-state index in [4.69, 9.17) is 14.2 Å². The predicted molar refractivity (Wildman–Crippen MR) is 151 cm³/mol. The topological polar surface area (TPSA) is 107 Å². The molecule has 39 heavy (non-hydrogen) atoms. The number of H-pyrrole nitrogens is 1. The molecular formula is C30H32N4O5. The number of ether oxygens (including phenoxy) is 3. The van der Waals surface area contributed by atoms with E-state index in [0.29, 0.717) is 59.7 Å². The minimum absolute atomic E-state index is 0.279. The van der Waals surface area contributed by atoms with Gasteiger partial charge in [0.2, 0.25) is 5.75 Å². The van der Waals surface area contributed by atoms with Gasteiger partial charge in [0.05, 0.1) is 42.5 Å². The standard InChI is InChI=1S/C30H32N4O5/c1-5-37-24-18-22(19-25(38-6-2)28(24)39-7-3)29(35)32-31-20(4)26-27(21-14-10-8-11-15-21)33-34(30(26)36)23-16-12-9-13-17-23/h8-19,33H,5-7H2,1-4H3,(H,32,35)/b31-20+. The number of aromatic nitrogens is 2. The van der Waals surface area contributed by atoms with E-state index in [9.17, 15) is 9.59 Å². The second-order valence-electron chi connectivity index (χ2n) is 8.44. The molecule has 1 heterocycles. The summed E-state index contributed by atoms with van der Waals surface area (Å²) in [5, 5.41) is 7.51. The zero-order chi connectivity index (χ0) is 27.8. The van der Waals surface area contributed by atoms with Crippen molar-refractivity contribution in [1.82, 2.24) is 15.2 Å². The molecule has 0 atom stereocenters. The van der Waals surface area contributed by atoms with E-state index in [0.717, 1.165) is 5.56 Å². The van der Waals surface area contributed by atoms with Crippen molar-refractivity contribution in [1.29, 1.82) is 0 Å². The van der Waals surface area contributed by atoms with Crippen molar-refractivity contribution in [3.05, 3.63) is 94.3 Å². The Morgan fingerprint density at radius 3 is 2.00 bits per heavy atom. The van der Waals surface area contributed by atoms with Crippen molar-refractivity contribution in [2.75, 3.05) is 19.8 Å². The van der Waals surface area contributed by atoms with Crippen LogP contribution in [0.4, 0.5) is 0 Å². The van der Waals surface area contributed by atoms with Gasteiger partial charge in [-0.05, 0) is 52.0 Å². The highest BCUT2D eigenvalue weighted by atomic mass is 16.5. The smallest absolute Gasteiger partial charge is 0.281 e. The summed E-state index contributed by atoms with van der Waals surface area (Å²) in [5.41, 5.74) is 5.36. The molecule has 0 aliphatic carbocycles. The van der Waals surface area contributed by atoms with Gasteiger partial charge in [-0.15, -0.1) is 0 Å². The van der Waals surface area contributed by atoms with Crippen molar-refractivity contribution in [2.45, 2.75) is 27.7 Å². The number of carbonyl (C=O) groups excluding carboxylic acids is 1. The molecule has 202 valence electrons. The second-order valence-corrected chi connectivity index (χ2v) is 8.44. The fraction of sp³-hybridized carbons (Fsp3) is 0.233. The summed E-state index contributed by atoms with van der Waals surface area (Å²) in [6, 6.07) is 21.9. The number of hydrogen-bond donors (Lipinski definition) is 2. The van der Waals surface area contributed by atoms with Gasteiger partial charge >= 0.3 is 0 Å². The number of hydrogen-bond acceptors (Lipinski definition) is 6. The quantitative estimate of drug-likeness (QED) is 0.206. The van der Waals surface area contributed by atoms with Gasteiger partial charge in [-0.1, -0.05) is 48.5 Å². The fourth-order valence-corrected chi connectivity index (χ4v) is 4.12. The molecule has 9 nitrogen and oxygen atoms in total. The third-order valence-electron chi connectivity index (χ3n) is 5.83. The van der Waals surface area contributed by atoms with Crippen LogP contribution < -0.4 is 25.2 Å². The fourth-order valence-electron chi connectivity index (χ4n) is 4.12. The molecule has 0 aliphatic rings. The maximum absolute atomic E-state index is 13.5. The van der Waals surface area contributed by atoms with Crippen LogP contribution in [0.2, 0.25) is 0 Å². The molecule has 0 fully saturated rings. The van der Waals surface area contributed by atoms with Gasteiger partial charge in [0.15, 0.2) is 11.5 Å². The molecule has 1 amide bonds. The lowest BCUT2D eigenvalue weighted by Gasteiger charge is -2.16. The Bertz CT molecular complexity index is 1480. The molecule has 3 aromatic carbocycles. The first-order chi connectivity index (χ1) is 19.0. The number of rotatable bonds is 11. The lowest BCUT2D eigenvalue weighted by atomic mass is 10.1. The first-order valence-corrected chi connectivity index (χ1v) is 12.9. The van der Waals surface area contributed by atoms with E-state index in [1.165, 1.54) is 4.68 Å². The normalized spacial score (nSPS) is 11.2.